The fourth-order valence-electron chi connectivity index (χ4n) is 1.79. The van der Waals surface area contributed by atoms with E-state index in [1.54, 1.807) is 0 Å². The molecule has 1 amide bonds. The summed E-state index contributed by atoms with van der Waals surface area (Å²) in [6, 6.07) is 0.199. The van der Waals surface area contributed by atoms with Crippen molar-refractivity contribution in [1.29, 1.82) is 0 Å². The van der Waals surface area contributed by atoms with Crippen molar-refractivity contribution in [2.75, 3.05) is 5.75 Å². The van der Waals surface area contributed by atoms with Crippen LogP contribution in [0.15, 0.2) is 16.1 Å². The molecule has 0 fully saturated rings. The van der Waals surface area contributed by atoms with Crippen molar-refractivity contribution in [2.45, 2.75) is 37.9 Å². The Bertz CT molecular complexity index is 647. The Morgan fingerprint density at radius 1 is 1.45 bits per heavy atom. The number of nitrogens with one attached hydrogen (secondary N) is 3. The van der Waals surface area contributed by atoms with E-state index in [-0.39, 0.29) is 23.3 Å². The van der Waals surface area contributed by atoms with E-state index in [0.717, 1.165) is 12.8 Å². The quantitative estimate of drug-likeness (QED) is 0.546. The summed E-state index contributed by atoms with van der Waals surface area (Å²) in [4.78, 5) is 30.3. The van der Waals surface area contributed by atoms with Crippen molar-refractivity contribution >= 4 is 28.7 Å². The lowest BCUT2D eigenvalue weighted by Gasteiger charge is -2.14. The Morgan fingerprint density at radius 2 is 2.20 bits per heavy atom. The van der Waals surface area contributed by atoms with Gasteiger partial charge in [0.05, 0.1) is 11.9 Å². The zero-order valence-corrected chi connectivity index (χ0v) is 12.2. The van der Waals surface area contributed by atoms with Crippen LogP contribution in [0.4, 0.5) is 0 Å². The number of hydrogen-bond donors (Lipinski definition) is 3. The van der Waals surface area contributed by atoms with Gasteiger partial charge in [-0.2, -0.15) is 5.10 Å². The molecule has 2 heterocycles. The van der Waals surface area contributed by atoms with Crippen molar-refractivity contribution in [3.8, 4) is 0 Å². The molecule has 8 heteroatoms. The molecular formula is C12H17N5O2S. The summed E-state index contributed by atoms with van der Waals surface area (Å²) in [5, 5.41) is 10.2. The van der Waals surface area contributed by atoms with Gasteiger partial charge in [0.1, 0.15) is 5.39 Å². The maximum absolute atomic E-state index is 11.8. The summed E-state index contributed by atoms with van der Waals surface area (Å²) >= 11 is 1.20. The van der Waals surface area contributed by atoms with Gasteiger partial charge in [0.15, 0.2) is 10.8 Å². The fourth-order valence-corrected chi connectivity index (χ4v) is 2.46. The molecule has 2 aromatic rings. The summed E-state index contributed by atoms with van der Waals surface area (Å²) in [6.07, 6.45) is 3.24. The van der Waals surface area contributed by atoms with Gasteiger partial charge in [-0.25, -0.2) is 4.98 Å². The molecule has 2 rings (SSSR count). The van der Waals surface area contributed by atoms with Crippen molar-refractivity contribution in [2.24, 2.45) is 0 Å². The Morgan fingerprint density at radius 3 is 2.90 bits per heavy atom. The number of hydrogen-bond acceptors (Lipinski definition) is 5. The highest BCUT2D eigenvalue weighted by Crippen LogP contribution is 2.13. The van der Waals surface area contributed by atoms with Crippen molar-refractivity contribution < 1.29 is 4.79 Å². The van der Waals surface area contributed by atoms with Crippen LogP contribution in [-0.4, -0.2) is 37.9 Å². The summed E-state index contributed by atoms with van der Waals surface area (Å²) in [7, 11) is 0. The second kappa shape index (κ2) is 6.56. The van der Waals surface area contributed by atoms with Crippen LogP contribution >= 0.6 is 11.8 Å². The fraction of sp³-hybridized carbons (Fsp3) is 0.500. The normalized spacial score (nSPS) is 11.2. The third-order valence-electron chi connectivity index (χ3n) is 2.99. The second-order valence-electron chi connectivity index (χ2n) is 4.37. The van der Waals surface area contributed by atoms with E-state index < -0.39 is 0 Å². The number of thioether (sulfide) groups is 1. The van der Waals surface area contributed by atoms with Gasteiger partial charge in [-0.3, -0.25) is 14.7 Å². The number of nitrogens with zero attached hydrogens (tertiary/aromatic N) is 2. The first-order valence-electron chi connectivity index (χ1n) is 6.49. The number of rotatable bonds is 6. The van der Waals surface area contributed by atoms with Crippen LogP contribution in [0.25, 0.3) is 11.0 Å². The zero-order chi connectivity index (χ0) is 14.5. The monoisotopic (exact) mass is 295 g/mol. The van der Waals surface area contributed by atoms with Crippen LogP contribution in [-0.2, 0) is 4.79 Å². The maximum atomic E-state index is 11.8. The smallest absolute Gasteiger partial charge is 0.262 e. The topological polar surface area (TPSA) is 104 Å². The van der Waals surface area contributed by atoms with E-state index >= 15 is 0 Å². The van der Waals surface area contributed by atoms with Crippen LogP contribution in [0.2, 0.25) is 0 Å². The molecule has 0 saturated carbocycles. The minimum absolute atomic E-state index is 0.0592. The molecule has 108 valence electrons. The van der Waals surface area contributed by atoms with E-state index in [2.05, 4.69) is 25.5 Å². The van der Waals surface area contributed by atoms with E-state index in [4.69, 9.17) is 0 Å². The van der Waals surface area contributed by atoms with Gasteiger partial charge < -0.3 is 10.3 Å². The average molecular weight is 295 g/mol. The second-order valence-corrected chi connectivity index (χ2v) is 5.34. The van der Waals surface area contributed by atoms with Crippen molar-refractivity contribution in [3.63, 3.8) is 0 Å². The maximum Gasteiger partial charge on any atom is 0.262 e. The van der Waals surface area contributed by atoms with Gasteiger partial charge in [-0.05, 0) is 12.8 Å². The molecule has 0 aliphatic heterocycles. The highest BCUT2D eigenvalue weighted by molar-refractivity contribution is 7.99. The number of H-pyrrole nitrogens is 2. The molecule has 0 unspecified atom stereocenters. The van der Waals surface area contributed by atoms with Gasteiger partial charge in [-0.1, -0.05) is 25.6 Å². The summed E-state index contributed by atoms with van der Waals surface area (Å²) in [5.74, 6) is 0.162. The number of aromatic nitrogens is 4. The highest BCUT2D eigenvalue weighted by Gasteiger charge is 2.11. The molecule has 3 N–H and O–H groups in total. The van der Waals surface area contributed by atoms with E-state index in [1.807, 2.05) is 13.8 Å². The molecule has 2 aromatic heterocycles. The highest BCUT2D eigenvalue weighted by atomic mass is 32.2. The average Bonchev–Trinajstić information content (AvgIpc) is 2.91. The minimum atomic E-state index is -0.258. The van der Waals surface area contributed by atoms with Gasteiger partial charge in [0, 0.05) is 6.04 Å². The van der Waals surface area contributed by atoms with Crippen LogP contribution in [0.3, 0.4) is 0 Å². The molecule has 0 aliphatic rings. The molecule has 7 nitrogen and oxygen atoms in total. The first-order chi connectivity index (χ1) is 9.63. The number of carbonyl (C=O) groups is 1. The molecule has 0 bridgehead atoms. The molecule has 0 saturated heterocycles. The van der Waals surface area contributed by atoms with Gasteiger partial charge in [-0.15, -0.1) is 0 Å². The summed E-state index contributed by atoms with van der Waals surface area (Å²) in [6.45, 7) is 4.07. The van der Waals surface area contributed by atoms with Crippen LogP contribution in [0.1, 0.15) is 26.7 Å². The number of aromatic amines is 2. The van der Waals surface area contributed by atoms with E-state index in [0.29, 0.717) is 16.2 Å². The summed E-state index contributed by atoms with van der Waals surface area (Å²) < 4.78 is 0. The Labute approximate surface area is 120 Å². The van der Waals surface area contributed by atoms with Crippen LogP contribution in [0, 0.1) is 0 Å². The Hall–Kier alpha value is -1.83. The van der Waals surface area contributed by atoms with Crippen molar-refractivity contribution in [1.82, 2.24) is 25.5 Å². The lowest BCUT2D eigenvalue weighted by molar-refractivity contribution is -0.119. The third-order valence-corrected chi connectivity index (χ3v) is 3.86. The number of carbonyl (C=O) groups excluding carboxylic acids is 1. The van der Waals surface area contributed by atoms with Crippen LogP contribution in [0.5, 0.6) is 0 Å². The molecule has 0 spiro atoms. The van der Waals surface area contributed by atoms with E-state index in [9.17, 15) is 9.59 Å². The molecular weight excluding hydrogens is 278 g/mol. The van der Waals surface area contributed by atoms with Gasteiger partial charge >= 0.3 is 0 Å². The van der Waals surface area contributed by atoms with Crippen molar-refractivity contribution in [3.05, 3.63) is 16.6 Å². The number of amides is 1. The van der Waals surface area contributed by atoms with Gasteiger partial charge in [0.25, 0.3) is 5.56 Å². The summed E-state index contributed by atoms with van der Waals surface area (Å²) in [5.41, 5.74) is 0.170. The predicted octanol–water partition coefficient (Wildman–Crippen LogP) is 1.04. The largest absolute Gasteiger partial charge is 0.353 e. The Kier molecular flexibility index (Phi) is 4.78. The first-order valence-corrected chi connectivity index (χ1v) is 7.48. The first kappa shape index (κ1) is 14.6. The zero-order valence-electron chi connectivity index (χ0n) is 11.4. The lowest BCUT2D eigenvalue weighted by atomic mass is 10.2. The van der Waals surface area contributed by atoms with Crippen LogP contribution < -0.4 is 10.9 Å². The van der Waals surface area contributed by atoms with Gasteiger partial charge in [0.2, 0.25) is 5.91 Å². The molecule has 20 heavy (non-hydrogen) atoms. The molecule has 0 radical (unpaired) electrons. The molecule has 0 atom stereocenters. The third kappa shape index (κ3) is 3.38. The molecule has 0 aliphatic carbocycles. The number of fused-ring (bicyclic) bond motifs is 1. The SMILES string of the molecule is CCC(CC)NC(=O)CSc1nc2[nH]ncc2c(=O)[nH]1. The molecule has 0 aromatic carbocycles. The minimum Gasteiger partial charge on any atom is -0.353 e. The lowest BCUT2D eigenvalue weighted by Crippen LogP contribution is -2.35. The van der Waals surface area contributed by atoms with E-state index in [1.165, 1.54) is 18.0 Å². The Balaban J connectivity index is 1.98. The predicted molar refractivity (Wildman–Crippen MR) is 77.7 cm³/mol. The standard InChI is InChI=1S/C12H17N5O2S/c1-3-7(4-2)14-9(18)6-20-12-15-10-8(5-13-17-10)11(19)16-12/h5,7H,3-4,6H2,1-2H3,(H,14,18)(H2,13,15,16,17,19).